The van der Waals surface area contributed by atoms with Gasteiger partial charge in [-0.1, -0.05) is 44.2 Å². The molecule has 4 amide bonds. The maximum atomic E-state index is 12.8. The van der Waals surface area contributed by atoms with Gasteiger partial charge in [-0.2, -0.15) is 0 Å². The van der Waals surface area contributed by atoms with E-state index in [1.807, 2.05) is 23.5 Å². The lowest BCUT2D eigenvalue weighted by Gasteiger charge is -2.26. The normalized spacial score (nSPS) is 14.5. The van der Waals surface area contributed by atoms with Gasteiger partial charge in [-0.15, -0.1) is 0 Å². The lowest BCUT2D eigenvalue weighted by molar-refractivity contribution is -0.143. The summed E-state index contributed by atoms with van der Waals surface area (Å²) in [6.45, 7) is 2.41. The summed E-state index contributed by atoms with van der Waals surface area (Å²) in [6.07, 6.45) is -0.384. The highest BCUT2D eigenvalue weighted by atomic mass is 16.4. The molecule has 4 unspecified atom stereocenters. The van der Waals surface area contributed by atoms with E-state index in [0.29, 0.717) is 0 Å². The van der Waals surface area contributed by atoms with Gasteiger partial charge in [0, 0.05) is 0 Å². The predicted molar refractivity (Wildman–Crippen MR) is 117 cm³/mol. The summed E-state index contributed by atoms with van der Waals surface area (Å²) in [5.41, 5.74) is 11.9. The Balaban J connectivity index is 2.89. The number of nitrogens with two attached hydrogens (primary N) is 2. The Morgan fingerprint density at radius 1 is 0.909 bits per heavy atom. The minimum Gasteiger partial charge on any atom is -0.480 e. The molecule has 0 radical (unpaired) electrons. The number of amides is 4. The molecule has 1 aromatic carbocycles. The molecule has 0 aliphatic heterocycles. The van der Waals surface area contributed by atoms with Gasteiger partial charge in [0.15, 0.2) is 0 Å². The number of aliphatic carboxylic acids is 1. The molecule has 0 aliphatic carbocycles. The van der Waals surface area contributed by atoms with E-state index >= 15 is 0 Å². The Morgan fingerprint density at radius 2 is 1.48 bits per heavy atom. The molecule has 0 saturated carbocycles. The van der Waals surface area contributed by atoms with Gasteiger partial charge in [0.1, 0.15) is 18.1 Å². The van der Waals surface area contributed by atoms with E-state index in [-0.39, 0.29) is 6.42 Å². The Labute approximate surface area is 191 Å². The zero-order valence-corrected chi connectivity index (χ0v) is 18.5. The Hall–Kier alpha value is -3.51. The van der Waals surface area contributed by atoms with Crippen molar-refractivity contribution in [1.82, 2.24) is 16.0 Å². The van der Waals surface area contributed by atoms with Crippen LogP contribution in [0.3, 0.4) is 0 Å². The lowest BCUT2D eigenvalue weighted by Crippen LogP contribution is -2.59. The molecule has 0 saturated heterocycles. The fourth-order valence-corrected chi connectivity index (χ4v) is 2.89. The highest BCUT2D eigenvalue weighted by Crippen LogP contribution is 2.07. The van der Waals surface area contributed by atoms with Crippen molar-refractivity contribution in [3.05, 3.63) is 35.9 Å². The van der Waals surface area contributed by atoms with E-state index < -0.39 is 72.7 Å². The SMILES string of the molecule is CC(C)C(NC(=O)C(N)Cc1ccccc1)C(=O)NC(CC(N)=O)C(=O)NC(CO)C(=O)O. The molecule has 0 fully saturated rings. The summed E-state index contributed by atoms with van der Waals surface area (Å²) < 4.78 is 0. The number of benzene rings is 1. The third-order valence-electron chi connectivity index (χ3n) is 4.72. The first kappa shape index (κ1) is 27.5. The van der Waals surface area contributed by atoms with Gasteiger partial charge < -0.3 is 37.6 Å². The molecule has 0 aromatic heterocycles. The van der Waals surface area contributed by atoms with Crippen LogP contribution in [0.25, 0.3) is 0 Å². The topological polar surface area (TPSA) is 214 Å². The summed E-state index contributed by atoms with van der Waals surface area (Å²) in [5, 5.41) is 24.9. The van der Waals surface area contributed by atoms with Crippen molar-refractivity contribution in [1.29, 1.82) is 0 Å². The number of nitrogens with one attached hydrogen (secondary N) is 3. The van der Waals surface area contributed by atoms with E-state index in [1.165, 1.54) is 0 Å². The van der Waals surface area contributed by atoms with Crippen LogP contribution < -0.4 is 27.4 Å². The fraction of sp³-hybridized carbons (Fsp3) is 0.476. The van der Waals surface area contributed by atoms with Crippen LogP contribution in [0.5, 0.6) is 0 Å². The van der Waals surface area contributed by atoms with Gasteiger partial charge in [0.05, 0.1) is 19.1 Å². The van der Waals surface area contributed by atoms with E-state index in [0.717, 1.165) is 5.56 Å². The molecule has 33 heavy (non-hydrogen) atoms. The molecule has 1 rings (SSSR count). The van der Waals surface area contributed by atoms with Crippen molar-refractivity contribution < 1.29 is 34.2 Å². The van der Waals surface area contributed by atoms with E-state index in [9.17, 15) is 24.0 Å². The van der Waals surface area contributed by atoms with Crippen molar-refractivity contribution in [2.75, 3.05) is 6.61 Å². The Bertz CT molecular complexity index is 847. The average Bonchev–Trinajstić information content (AvgIpc) is 2.74. The number of rotatable bonds is 13. The Morgan fingerprint density at radius 3 is 1.97 bits per heavy atom. The molecule has 12 nitrogen and oxygen atoms in total. The highest BCUT2D eigenvalue weighted by Gasteiger charge is 2.32. The molecule has 0 spiro atoms. The molecule has 182 valence electrons. The summed E-state index contributed by atoms with van der Waals surface area (Å²) in [7, 11) is 0. The highest BCUT2D eigenvalue weighted by molar-refractivity contribution is 5.96. The number of carboxylic acid groups (broad SMARTS) is 1. The zero-order chi connectivity index (χ0) is 25.1. The first-order chi connectivity index (χ1) is 15.5. The predicted octanol–water partition coefficient (Wildman–Crippen LogP) is -2.38. The van der Waals surface area contributed by atoms with Crippen LogP contribution >= 0.6 is 0 Å². The molecule has 12 heteroatoms. The van der Waals surface area contributed by atoms with Gasteiger partial charge in [-0.3, -0.25) is 19.2 Å². The van der Waals surface area contributed by atoms with Crippen molar-refractivity contribution in [2.24, 2.45) is 17.4 Å². The number of carbonyl (C=O) groups is 5. The number of aliphatic hydroxyl groups excluding tert-OH is 1. The molecular weight excluding hydrogens is 434 g/mol. The van der Waals surface area contributed by atoms with Crippen molar-refractivity contribution in [3.63, 3.8) is 0 Å². The van der Waals surface area contributed by atoms with Gasteiger partial charge in [-0.25, -0.2) is 4.79 Å². The van der Waals surface area contributed by atoms with Gasteiger partial charge in [0.2, 0.25) is 23.6 Å². The van der Waals surface area contributed by atoms with Crippen LogP contribution in [-0.4, -0.2) is 70.6 Å². The number of aliphatic hydroxyl groups is 1. The minimum atomic E-state index is -1.64. The quantitative estimate of drug-likeness (QED) is 0.167. The van der Waals surface area contributed by atoms with Crippen LogP contribution in [0.2, 0.25) is 0 Å². The number of hydrogen-bond acceptors (Lipinski definition) is 7. The fourth-order valence-electron chi connectivity index (χ4n) is 2.89. The third-order valence-corrected chi connectivity index (χ3v) is 4.72. The maximum Gasteiger partial charge on any atom is 0.328 e. The minimum absolute atomic E-state index is 0.240. The van der Waals surface area contributed by atoms with Gasteiger partial charge >= 0.3 is 5.97 Å². The van der Waals surface area contributed by atoms with E-state index in [4.69, 9.17) is 21.7 Å². The van der Waals surface area contributed by atoms with Crippen molar-refractivity contribution in [2.45, 2.75) is 50.9 Å². The first-order valence-electron chi connectivity index (χ1n) is 10.3. The van der Waals surface area contributed by atoms with Crippen molar-refractivity contribution >= 4 is 29.6 Å². The summed E-state index contributed by atoms with van der Waals surface area (Å²) in [6, 6.07) is 3.86. The molecule has 0 bridgehead atoms. The van der Waals surface area contributed by atoms with Crippen LogP contribution in [0.4, 0.5) is 0 Å². The number of carboxylic acids is 1. The molecular formula is C21H31N5O7. The molecule has 4 atom stereocenters. The largest absolute Gasteiger partial charge is 0.480 e. The first-order valence-corrected chi connectivity index (χ1v) is 10.3. The van der Waals surface area contributed by atoms with Gasteiger partial charge in [0.25, 0.3) is 0 Å². The lowest BCUT2D eigenvalue weighted by atomic mass is 10.0. The maximum absolute atomic E-state index is 12.8. The number of carbonyl (C=O) groups excluding carboxylic acids is 4. The smallest absolute Gasteiger partial charge is 0.328 e. The third kappa shape index (κ3) is 9.25. The standard InChI is InChI=1S/C21H31N5O7/c1-11(2)17(26-18(29)13(22)8-12-6-4-3-5-7-12)20(31)24-14(9-16(23)28)19(30)25-15(10-27)21(32)33/h3-7,11,13-15,17,27H,8-10,22H2,1-2H3,(H2,23,28)(H,24,31)(H,25,30)(H,26,29)(H,32,33). The summed E-state index contributed by atoms with van der Waals surface area (Å²) in [4.78, 5) is 60.2. The summed E-state index contributed by atoms with van der Waals surface area (Å²) >= 11 is 0. The average molecular weight is 466 g/mol. The van der Waals surface area contributed by atoms with Gasteiger partial charge in [-0.05, 0) is 17.9 Å². The molecule has 0 aliphatic rings. The second-order valence-corrected chi connectivity index (χ2v) is 7.84. The summed E-state index contributed by atoms with van der Waals surface area (Å²) in [5.74, 6) is -5.26. The molecule has 9 N–H and O–H groups in total. The Kier molecular flexibility index (Phi) is 11.0. The van der Waals surface area contributed by atoms with Crippen LogP contribution in [0, 0.1) is 5.92 Å². The molecule has 0 heterocycles. The monoisotopic (exact) mass is 465 g/mol. The molecule has 1 aromatic rings. The second kappa shape index (κ2) is 13.1. The number of hydrogen-bond donors (Lipinski definition) is 7. The van der Waals surface area contributed by atoms with E-state index in [1.54, 1.807) is 26.0 Å². The van der Waals surface area contributed by atoms with Crippen LogP contribution in [0.1, 0.15) is 25.8 Å². The van der Waals surface area contributed by atoms with Crippen molar-refractivity contribution in [3.8, 4) is 0 Å². The second-order valence-electron chi connectivity index (χ2n) is 7.84. The van der Waals surface area contributed by atoms with Crippen LogP contribution in [-0.2, 0) is 30.4 Å². The number of primary amides is 1. The van der Waals surface area contributed by atoms with Crippen LogP contribution in [0.15, 0.2) is 30.3 Å². The zero-order valence-electron chi connectivity index (χ0n) is 18.5. The van der Waals surface area contributed by atoms with E-state index in [2.05, 4.69) is 10.6 Å².